The predicted molar refractivity (Wildman–Crippen MR) is 92.3 cm³/mol. The SMILES string of the molecule is COC[C@@H]1COC(=O)N1c1ccc(-c2ccc(-c3nn[nH]n3)nc2)cc1. The lowest BCUT2D eigenvalue weighted by molar-refractivity contribution is 0.157. The summed E-state index contributed by atoms with van der Waals surface area (Å²) in [6.45, 7) is 0.755. The highest BCUT2D eigenvalue weighted by Gasteiger charge is 2.34. The van der Waals surface area contributed by atoms with Crippen molar-refractivity contribution in [3.63, 3.8) is 0 Å². The predicted octanol–water partition coefficient (Wildman–Crippen LogP) is 1.90. The highest BCUT2D eigenvalue weighted by molar-refractivity contribution is 5.90. The van der Waals surface area contributed by atoms with Crippen LogP contribution in [-0.4, -0.2) is 58.1 Å². The van der Waals surface area contributed by atoms with Gasteiger partial charge in [-0.25, -0.2) is 4.79 Å². The fourth-order valence-electron chi connectivity index (χ4n) is 2.87. The number of nitrogens with zero attached hydrogens (tertiary/aromatic N) is 5. The molecule has 2 aromatic heterocycles. The van der Waals surface area contributed by atoms with E-state index in [9.17, 15) is 4.79 Å². The standard InChI is InChI=1S/C17H16N6O3/c1-25-9-14-10-26-17(24)23(14)13-5-2-11(3-6-13)12-4-7-15(18-8-12)16-19-21-22-20-16/h2-8,14H,9-10H2,1H3,(H,19,20,21,22)/t14-/m1/s1. The summed E-state index contributed by atoms with van der Waals surface area (Å²) < 4.78 is 10.3. The number of aromatic nitrogens is 5. The molecule has 1 amide bonds. The molecule has 1 aliphatic rings. The van der Waals surface area contributed by atoms with Crippen LogP contribution in [0.5, 0.6) is 0 Å². The Bertz CT molecular complexity index is 880. The Morgan fingerprint density at radius 1 is 1.23 bits per heavy atom. The molecule has 0 bridgehead atoms. The lowest BCUT2D eigenvalue weighted by Gasteiger charge is -2.21. The lowest BCUT2D eigenvalue weighted by Crippen LogP contribution is -2.36. The second-order valence-corrected chi connectivity index (χ2v) is 5.77. The molecular formula is C17H16N6O3. The lowest BCUT2D eigenvalue weighted by atomic mass is 10.1. The summed E-state index contributed by atoms with van der Waals surface area (Å²) in [5.41, 5.74) is 3.34. The molecular weight excluding hydrogens is 336 g/mol. The van der Waals surface area contributed by atoms with Crippen LogP contribution in [0.4, 0.5) is 10.5 Å². The topological polar surface area (TPSA) is 106 Å². The minimum atomic E-state index is -0.356. The Balaban J connectivity index is 1.55. The summed E-state index contributed by atoms with van der Waals surface area (Å²) in [5.74, 6) is 0.448. The smallest absolute Gasteiger partial charge is 0.414 e. The minimum Gasteiger partial charge on any atom is -0.447 e. The van der Waals surface area contributed by atoms with E-state index in [0.29, 0.717) is 24.7 Å². The third-order valence-electron chi connectivity index (χ3n) is 4.14. The Labute approximate surface area is 149 Å². The monoisotopic (exact) mass is 352 g/mol. The van der Waals surface area contributed by atoms with E-state index in [0.717, 1.165) is 16.8 Å². The number of H-pyrrole nitrogens is 1. The fraction of sp³-hybridized carbons (Fsp3) is 0.235. The maximum absolute atomic E-state index is 12.0. The number of benzene rings is 1. The number of hydrogen-bond acceptors (Lipinski definition) is 7. The summed E-state index contributed by atoms with van der Waals surface area (Å²) in [4.78, 5) is 18.0. The highest BCUT2D eigenvalue weighted by Crippen LogP contribution is 2.27. The number of nitrogens with one attached hydrogen (secondary N) is 1. The quantitative estimate of drug-likeness (QED) is 0.747. The van der Waals surface area contributed by atoms with Gasteiger partial charge in [-0.2, -0.15) is 5.21 Å². The first-order valence-corrected chi connectivity index (χ1v) is 8.01. The van der Waals surface area contributed by atoms with Gasteiger partial charge in [0, 0.05) is 24.6 Å². The third kappa shape index (κ3) is 3.00. The number of hydrogen-bond donors (Lipinski definition) is 1. The summed E-state index contributed by atoms with van der Waals surface area (Å²) in [5, 5.41) is 13.7. The molecule has 1 fully saturated rings. The van der Waals surface area contributed by atoms with E-state index >= 15 is 0 Å². The molecule has 1 aliphatic heterocycles. The summed E-state index contributed by atoms with van der Waals surface area (Å²) in [7, 11) is 1.61. The maximum atomic E-state index is 12.0. The van der Waals surface area contributed by atoms with Gasteiger partial charge in [-0.1, -0.05) is 18.2 Å². The number of cyclic esters (lactones) is 1. The zero-order valence-electron chi connectivity index (χ0n) is 14.0. The van der Waals surface area contributed by atoms with Crippen LogP contribution in [0.1, 0.15) is 0 Å². The van der Waals surface area contributed by atoms with E-state index in [2.05, 4.69) is 25.6 Å². The van der Waals surface area contributed by atoms with Gasteiger partial charge in [-0.15, -0.1) is 10.2 Å². The maximum Gasteiger partial charge on any atom is 0.414 e. The molecule has 0 unspecified atom stereocenters. The van der Waals surface area contributed by atoms with Gasteiger partial charge in [0.25, 0.3) is 0 Å². The number of rotatable bonds is 5. The first kappa shape index (κ1) is 16.2. The Morgan fingerprint density at radius 3 is 2.69 bits per heavy atom. The van der Waals surface area contributed by atoms with Crippen LogP contribution < -0.4 is 4.90 Å². The van der Waals surface area contributed by atoms with Crippen molar-refractivity contribution in [1.82, 2.24) is 25.6 Å². The average Bonchev–Trinajstić information content (AvgIpc) is 3.33. The van der Waals surface area contributed by atoms with Crippen molar-refractivity contribution in [3.05, 3.63) is 42.6 Å². The largest absolute Gasteiger partial charge is 0.447 e. The van der Waals surface area contributed by atoms with E-state index in [1.807, 2.05) is 36.4 Å². The molecule has 9 heteroatoms. The number of methoxy groups -OCH3 is 1. The van der Waals surface area contributed by atoms with E-state index in [1.54, 1.807) is 18.2 Å². The molecule has 0 saturated carbocycles. The minimum absolute atomic E-state index is 0.116. The molecule has 3 aromatic rings. The Hall–Kier alpha value is -3.33. The summed E-state index contributed by atoms with van der Waals surface area (Å²) in [6.07, 6.45) is 1.39. The highest BCUT2D eigenvalue weighted by atomic mass is 16.6. The van der Waals surface area contributed by atoms with Gasteiger partial charge in [0.15, 0.2) is 0 Å². The van der Waals surface area contributed by atoms with Crippen molar-refractivity contribution in [3.8, 4) is 22.6 Å². The second-order valence-electron chi connectivity index (χ2n) is 5.77. The second kappa shape index (κ2) is 6.89. The molecule has 0 radical (unpaired) electrons. The number of amides is 1. The molecule has 1 atom stereocenters. The normalized spacial score (nSPS) is 16.7. The fourth-order valence-corrected chi connectivity index (χ4v) is 2.87. The van der Waals surface area contributed by atoms with Crippen molar-refractivity contribution in [1.29, 1.82) is 0 Å². The first-order chi connectivity index (χ1) is 12.8. The van der Waals surface area contributed by atoms with Crippen LogP contribution in [-0.2, 0) is 9.47 Å². The number of anilines is 1. The van der Waals surface area contributed by atoms with Crippen LogP contribution in [0.3, 0.4) is 0 Å². The van der Waals surface area contributed by atoms with Crippen molar-refractivity contribution >= 4 is 11.8 Å². The molecule has 4 rings (SSSR count). The Morgan fingerprint density at radius 2 is 2.04 bits per heavy atom. The molecule has 26 heavy (non-hydrogen) atoms. The molecule has 9 nitrogen and oxygen atoms in total. The van der Waals surface area contributed by atoms with E-state index in [1.165, 1.54) is 0 Å². The zero-order valence-corrected chi connectivity index (χ0v) is 14.0. The molecule has 132 valence electrons. The van der Waals surface area contributed by atoms with E-state index in [-0.39, 0.29) is 12.1 Å². The van der Waals surface area contributed by atoms with Crippen LogP contribution >= 0.6 is 0 Å². The zero-order chi connectivity index (χ0) is 17.9. The first-order valence-electron chi connectivity index (χ1n) is 8.01. The summed E-state index contributed by atoms with van der Waals surface area (Å²) in [6, 6.07) is 11.3. The van der Waals surface area contributed by atoms with Crippen molar-refractivity contribution < 1.29 is 14.3 Å². The molecule has 3 heterocycles. The van der Waals surface area contributed by atoms with Gasteiger partial charge in [-0.05, 0) is 29.0 Å². The van der Waals surface area contributed by atoms with Crippen LogP contribution in [0, 0.1) is 0 Å². The van der Waals surface area contributed by atoms with Crippen molar-refractivity contribution in [2.24, 2.45) is 0 Å². The average molecular weight is 352 g/mol. The van der Waals surface area contributed by atoms with Gasteiger partial charge in [-0.3, -0.25) is 9.88 Å². The van der Waals surface area contributed by atoms with E-state index in [4.69, 9.17) is 9.47 Å². The molecule has 1 saturated heterocycles. The van der Waals surface area contributed by atoms with Gasteiger partial charge >= 0.3 is 6.09 Å². The molecule has 1 aromatic carbocycles. The van der Waals surface area contributed by atoms with Crippen molar-refractivity contribution in [2.75, 3.05) is 25.2 Å². The Kier molecular flexibility index (Phi) is 4.28. The van der Waals surface area contributed by atoms with Crippen LogP contribution in [0.2, 0.25) is 0 Å². The molecule has 0 spiro atoms. The van der Waals surface area contributed by atoms with E-state index < -0.39 is 0 Å². The number of pyridine rings is 1. The summed E-state index contributed by atoms with van der Waals surface area (Å²) >= 11 is 0. The van der Waals surface area contributed by atoms with Crippen LogP contribution in [0.15, 0.2) is 42.6 Å². The number of ether oxygens (including phenoxy) is 2. The number of carbonyl (C=O) groups is 1. The van der Waals surface area contributed by atoms with Gasteiger partial charge in [0.05, 0.1) is 12.6 Å². The molecule has 0 aliphatic carbocycles. The van der Waals surface area contributed by atoms with Gasteiger partial charge in [0.1, 0.15) is 12.3 Å². The number of carbonyl (C=O) groups excluding carboxylic acids is 1. The number of tetrazole rings is 1. The molecule has 1 N–H and O–H groups in total. The number of aromatic amines is 1. The van der Waals surface area contributed by atoms with Crippen molar-refractivity contribution in [2.45, 2.75) is 6.04 Å². The van der Waals surface area contributed by atoms with Gasteiger partial charge in [0.2, 0.25) is 5.82 Å². The van der Waals surface area contributed by atoms with Gasteiger partial charge < -0.3 is 9.47 Å². The van der Waals surface area contributed by atoms with Crippen LogP contribution in [0.25, 0.3) is 22.6 Å². The third-order valence-corrected chi connectivity index (χ3v) is 4.14.